The smallest absolute Gasteiger partial charge is 0.328 e. The van der Waals surface area contributed by atoms with Crippen LogP contribution in [0.25, 0.3) is 6.08 Å². The lowest BCUT2D eigenvalue weighted by Gasteiger charge is -2.05. The van der Waals surface area contributed by atoms with Crippen LogP contribution in [0.1, 0.15) is 11.1 Å². The molecule has 5 heteroatoms. The van der Waals surface area contributed by atoms with Crippen LogP contribution < -0.4 is 0 Å². The summed E-state index contributed by atoms with van der Waals surface area (Å²) in [5.74, 6) is -1.46. The average Bonchev–Trinajstić information content (AvgIpc) is 2.27. The van der Waals surface area contributed by atoms with Gasteiger partial charge in [-0.05, 0) is 29.3 Å². The Labute approximate surface area is 103 Å². The van der Waals surface area contributed by atoms with Gasteiger partial charge in [0.25, 0.3) is 0 Å². The Kier molecular flexibility index (Phi) is 4.72. The van der Waals surface area contributed by atoms with Crippen LogP contribution in [0.5, 0.6) is 0 Å². The molecule has 0 saturated carbocycles. The fourth-order valence-electron chi connectivity index (χ4n) is 1.28. The molecule has 0 unspecified atom stereocenters. The van der Waals surface area contributed by atoms with Crippen LogP contribution in [0.3, 0.4) is 0 Å². The molecule has 1 aromatic carbocycles. The van der Waals surface area contributed by atoms with Gasteiger partial charge in [-0.3, -0.25) is 4.79 Å². The van der Waals surface area contributed by atoms with Crippen LogP contribution in [0.2, 0.25) is 5.02 Å². The van der Waals surface area contributed by atoms with Crippen LogP contribution in [-0.2, 0) is 20.7 Å². The first kappa shape index (κ1) is 13.3. The predicted molar refractivity (Wildman–Crippen MR) is 63.8 cm³/mol. The second-order valence-corrected chi connectivity index (χ2v) is 3.70. The van der Waals surface area contributed by atoms with Gasteiger partial charge in [0.15, 0.2) is 0 Å². The maximum atomic E-state index is 11.2. The van der Waals surface area contributed by atoms with E-state index in [1.165, 1.54) is 13.2 Å². The molecule has 0 fully saturated rings. The maximum absolute atomic E-state index is 11.2. The lowest BCUT2D eigenvalue weighted by atomic mass is 10.0. The molecule has 0 aliphatic heterocycles. The number of aliphatic carboxylic acids is 1. The number of ether oxygens (including phenoxy) is 1. The summed E-state index contributed by atoms with van der Waals surface area (Å²) in [7, 11) is 1.29. The molecule has 0 spiro atoms. The second-order valence-electron chi connectivity index (χ2n) is 3.27. The molecule has 17 heavy (non-hydrogen) atoms. The molecule has 0 atom stereocenters. The number of esters is 1. The summed E-state index contributed by atoms with van der Waals surface area (Å²) in [6.07, 6.45) is 2.47. The summed E-state index contributed by atoms with van der Waals surface area (Å²) in [6.45, 7) is 0. The second kappa shape index (κ2) is 6.06. The molecular weight excluding hydrogens is 244 g/mol. The van der Waals surface area contributed by atoms with E-state index in [-0.39, 0.29) is 6.42 Å². The van der Waals surface area contributed by atoms with Crippen molar-refractivity contribution in [2.45, 2.75) is 6.42 Å². The third-order valence-electron chi connectivity index (χ3n) is 2.07. The van der Waals surface area contributed by atoms with Gasteiger partial charge in [0.05, 0.1) is 13.5 Å². The molecule has 0 radical (unpaired) electrons. The van der Waals surface area contributed by atoms with E-state index in [4.69, 9.17) is 16.7 Å². The van der Waals surface area contributed by atoms with Crippen LogP contribution in [-0.4, -0.2) is 24.2 Å². The van der Waals surface area contributed by atoms with Crippen molar-refractivity contribution < 1.29 is 19.4 Å². The van der Waals surface area contributed by atoms with Crippen LogP contribution in [0, 0.1) is 0 Å². The zero-order valence-corrected chi connectivity index (χ0v) is 9.90. The summed E-state index contributed by atoms with van der Waals surface area (Å²) < 4.78 is 4.55. The highest BCUT2D eigenvalue weighted by Crippen LogP contribution is 2.18. The topological polar surface area (TPSA) is 63.6 Å². The number of benzene rings is 1. The minimum absolute atomic E-state index is 0.0519. The summed E-state index contributed by atoms with van der Waals surface area (Å²) >= 11 is 5.81. The Morgan fingerprint density at radius 2 is 2.18 bits per heavy atom. The molecule has 90 valence electrons. The van der Waals surface area contributed by atoms with Gasteiger partial charge in [-0.2, -0.15) is 0 Å². The molecule has 4 nitrogen and oxygen atoms in total. The van der Waals surface area contributed by atoms with Crippen molar-refractivity contribution in [2.75, 3.05) is 7.11 Å². The van der Waals surface area contributed by atoms with Gasteiger partial charge in [-0.25, -0.2) is 4.79 Å². The minimum atomic E-state index is -1.05. The van der Waals surface area contributed by atoms with Gasteiger partial charge in [-0.15, -0.1) is 0 Å². The first-order chi connectivity index (χ1) is 8.02. The van der Waals surface area contributed by atoms with Crippen molar-refractivity contribution >= 4 is 29.6 Å². The standard InChI is InChI=1S/C12H11ClO4/c1-17-12(16)7-9-6-10(13)4-2-8(9)3-5-11(14)15/h2-6H,7H2,1H3,(H,14,15)/b5-3+. The van der Waals surface area contributed by atoms with Crippen LogP contribution >= 0.6 is 11.6 Å². The lowest BCUT2D eigenvalue weighted by Crippen LogP contribution is -2.05. The summed E-state index contributed by atoms with van der Waals surface area (Å²) in [4.78, 5) is 21.6. The Bertz CT molecular complexity index is 466. The minimum Gasteiger partial charge on any atom is -0.478 e. The monoisotopic (exact) mass is 254 g/mol. The molecule has 1 aromatic rings. The van der Waals surface area contributed by atoms with E-state index in [1.54, 1.807) is 18.2 Å². The fourth-order valence-corrected chi connectivity index (χ4v) is 1.47. The Hall–Kier alpha value is -1.81. The molecule has 0 saturated heterocycles. The van der Waals surface area contributed by atoms with E-state index < -0.39 is 11.9 Å². The molecule has 1 rings (SSSR count). The number of carbonyl (C=O) groups excluding carboxylic acids is 1. The van der Waals surface area contributed by atoms with E-state index in [0.717, 1.165) is 6.08 Å². The number of methoxy groups -OCH3 is 1. The van der Waals surface area contributed by atoms with E-state index in [0.29, 0.717) is 16.1 Å². The number of halogens is 1. The van der Waals surface area contributed by atoms with Crippen molar-refractivity contribution in [3.8, 4) is 0 Å². The molecule has 0 aromatic heterocycles. The van der Waals surface area contributed by atoms with Crippen molar-refractivity contribution in [1.29, 1.82) is 0 Å². The maximum Gasteiger partial charge on any atom is 0.328 e. The summed E-state index contributed by atoms with van der Waals surface area (Å²) in [6, 6.07) is 4.89. The van der Waals surface area contributed by atoms with Crippen molar-refractivity contribution in [3.05, 3.63) is 40.4 Å². The highest BCUT2D eigenvalue weighted by molar-refractivity contribution is 6.30. The van der Waals surface area contributed by atoms with Crippen LogP contribution in [0.15, 0.2) is 24.3 Å². The molecule has 0 bridgehead atoms. The highest BCUT2D eigenvalue weighted by atomic mass is 35.5. The van der Waals surface area contributed by atoms with Gasteiger partial charge in [0.2, 0.25) is 0 Å². The molecule has 0 amide bonds. The quantitative estimate of drug-likeness (QED) is 0.661. The van der Waals surface area contributed by atoms with Gasteiger partial charge in [0, 0.05) is 11.1 Å². The van der Waals surface area contributed by atoms with Gasteiger partial charge >= 0.3 is 11.9 Å². The number of carbonyl (C=O) groups is 2. The number of hydrogen-bond acceptors (Lipinski definition) is 3. The van der Waals surface area contributed by atoms with Gasteiger partial charge < -0.3 is 9.84 Å². The average molecular weight is 255 g/mol. The highest BCUT2D eigenvalue weighted by Gasteiger charge is 2.07. The third-order valence-corrected chi connectivity index (χ3v) is 2.31. The van der Waals surface area contributed by atoms with E-state index in [1.807, 2.05) is 0 Å². The lowest BCUT2D eigenvalue weighted by molar-refractivity contribution is -0.139. The number of carboxylic acid groups (broad SMARTS) is 1. The SMILES string of the molecule is COC(=O)Cc1cc(Cl)ccc1/C=C/C(=O)O. The summed E-state index contributed by atoms with van der Waals surface area (Å²) in [5, 5.41) is 9.03. The van der Waals surface area contributed by atoms with Gasteiger partial charge in [0.1, 0.15) is 0 Å². The zero-order valence-electron chi connectivity index (χ0n) is 9.14. The first-order valence-electron chi connectivity index (χ1n) is 4.79. The first-order valence-corrected chi connectivity index (χ1v) is 5.17. The van der Waals surface area contributed by atoms with Gasteiger partial charge in [-0.1, -0.05) is 17.7 Å². The number of carboxylic acids is 1. The Balaban J connectivity index is 3.03. The molecule has 1 N–H and O–H groups in total. The van der Waals surface area contributed by atoms with Crippen molar-refractivity contribution in [1.82, 2.24) is 0 Å². The molecule has 0 aliphatic carbocycles. The van der Waals surface area contributed by atoms with E-state index in [2.05, 4.69) is 4.74 Å². The van der Waals surface area contributed by atoms with Crippen LogP contribution in [0.4, 0.5) is 0 Å². The van der Waals surface area contributed by atoms with E-state index >= 15 is 0 Å². The van der Waals surface area contributed by atoms with Crippen molar-refractivity contribution in [3.63, 3.8) is 0 Å². The number of hydrogen-bond donors (Lipinski definition) is 1. The Morgan fingerprint density at radius 3 is 2.76 bits per heavy atom. The van der Waals surface area contributed by atoms with E-state index in [9.17, 15) is 9.59 Å². The predicted octanol–water partition coefficient (Wildman–Crippen LogP) is 2.15. The van der Waals surface area contributed by atoms with Crippen molar-refractivity contribution in [2.24, 2.45) is 0 Å². The normalized spacial score (nSPS) is 10.5. The molecule has 0 heterocycles. The molecular formula is C12H11ClO4. The molecule has 0 aliphatic rings. The fraction of sp³-hybridized carbons (Fsp3) is 0.167. The summed E-state index contributed by atoms with van der Waals surface area (Å²) in [5.41, 5.74) is 1.25. The zero-order chi connectivity index (χ0) is 12.8. The largest absolute Gasteiger partial charge is 0.478 e. The number of rotatable bonds is 4. The third kappa shape index (κ3) is 4.28. The Morgan fingerprint density at radius 1 is 1.47 bits per heavy atom.